The number of fused-ring (bicyclic) bond motifs is 5. The molecule has 0 fully saturated rings. The van der Waals surface area contributed by atoms with Gasteiger partial charge in [-0.15, -0.1) is 0 Å². The predicted molar refractivity (Wildman–Crippen MR) is 209 cm³/mol. The first-order valence-corrected chi connectivity index (χ1v) is 17.1. The summed E-state index contributed by atoms with van der Waals surface area (Å²) >= 11 is 0. The van der Waals surface area contributed by atoms with Crippen LogP contribution >= 0.6 is 0 Å². The van der Waals surface area contributed by atoms with Crippen LogP contribution in [-0.4, -0.2) is 0 Å². The van der Waals surface area contributed by atoms with E-state index in [-0.39, 0.29) is 5.41 Å². The van der Waals surface area contributed by atoms with Gasteiger partial charge in [0.15, 0.2) is 0 Å². The molecule has 0 saturated carbocycles. The van der Waals surface area contributed by atoms with Crippen molar-refractivity contribution < 1.29 is 4.42 Å². The van der Waals surface area contributed by atoms with Gasteiger partial charge in [-0.2, -0.15) is 0 Å². The molecule has 0 saturated heterocycles. The average molecular weight is 629 g/mol. The quantitative estimate of drug-likeness (QED) is 0.177. The van der Waals surface area contributed by atoms with E-state index in [1.54, 1.807) is 0 Å². The van der Waals surface area contributed by atoms with Gasteiger partial charge < -0.3 is 4.42 Å². The van der Waals surface area contributed by atoms with E-state index in [9.17, 15) is 0 Å². The van der Waals surface area contributed by atoms with E-state index >= 15 is 0 Å². The molecule has 0 amide bonds. The maximum absolute atomic E-state index is 6.53. The highest BCUT2D eigenvalue weighted by atomic mass is 16.3. The van der Waals surface area contributed by atoms with E-state index in [2.05, 4.69) is 178 Å². The lowest BCUT2D eigenvalue weighted by molar-refractivity contribution is 0.590. The fourth-order valence-corrected chi connectivity index (χ4v) is 7.55. The molecular weight excluding hydrogens is 593 g/mol. The van der Waals surface area contributed by atoms with Gasteiger partial charge in [-0.25, -0.2) is 0 Å². The minimum absolute atomic E-state index is 0.0464. The maximum atomic E-state index is 6.53. The van der Waals surface area contributed by atoms with E-state index in [1.165, 1.54) is 66.1 Å². The second-order valence-electron chi connectivity index (χ2n) is 14.1. The molecule has 0 aliphatic carbocycles. The van der Waals surface area contributed by atoms with E-state index in [0.717, 1.165) is 27.5 Å². The van der Waals surface area contributed by atoms with Crippen molar-refractivity contribution in [1.29, 1.82) is 0 Å². The van der Waals surface area contributed by atoms with Crippen LogP contribution in [0.4, 0.5) is 0 Å². The Morgan fingerprint density at radius 2 is 0.918 bits per heavy atom. The highest BCUT2D eigenvalue weighted by molar-refractivity contribution is 6.22. The van der Waals surface area contributed by atoms with Crippen LogP contribution in [0.5, 0.6) is 0 Å². The molecule has 234 valence electrons. The van der Waals surface area contributed by atoms with Crippen LogP contribution in [0.25, 0.3) is 88.0 Å². The molecule has 0 atom stereocenters. The van der Waals surface area contributed by atoms with Crippen molar-refractivity contribution in [2.24, 2.45) is 0 Å². The van der Waals surface area contributed by atoms with Crippen LogP contribution in [0.3, 0.4) is 0 Å². The highest BCUT2D eigenvalue weighted by Gasteiger charge is 2.21. The lowest BCUT2D eigenvalue weighted by atomic mass is 9.82. The second kappa shape index (κ2) is 11.4. The van der Waals surface area contributed by atoms with Gasteiger partial charge >= 0.3 is 0 Å². The Morgan fingerprint density at radius 3 is 1.59 bits per heavy atom. The minimum Gasteiger partial charge on any atom is -0.455 e. The molecule has 1 heterocycles. The summed E-state index contributed by atoms with van der Waals surface area (Å²) in [5.74, 6) is 0. The molecule has 9 aromatic rings. The van der Waals surface area contributed by atoms with Crippen molar-refractivity contribution in [3.63, 3.8) is 0 Å². The third-order valence-electron chi connectivity index (χ3n) is 10.00. The predicted octanol–water partition coefficient (Wildman–Crippen LogP) is 13.9. The van der Waals surface area contributed by atoms with E-state index in [4.69, 9.17) is 4.42 Å². The monoisotopic (exact) mass is 628 g/mol. The number of para-hydroxylation sites is 2. The Kier molecular flexibility index (Phi) is 6.78. The number of furan rings is 1. The summed E-state index contributed by atoms with van der Waals surface area (Å²) in [7, 11) is 0. The van der Waals surface area contributed by atoms with E-state index < -0.39 is 0 Å². The fourth-order valence-electron chi connectivity index (χ4n) is 7.55. The second-order valence-corrected chi connectivity index (χ2v) is 14.1. The van der Waals surface area contributed by atoms with Crippen molar-refractivity contribution in [3.8, 4) is 44.5 Å². The first kappa shape index (κ1) is 29.2. The SMILES string of the molecule is CC(C)(C)c1cc(-c2ccc3c(-c4ccccc4)c4ccccc4c(-c4ccccc4)c3c2)cc(-c2cccc3c2oc2ccccc23)c1. The van der Waals surface area contributed by atoms with E-state index in [1.807, 2.05) is 6.07 Å². The summed E-state index contributed by atoms with van der Waals surface area (Å²) in [6.45, 7) is 6.89. The molecule has 0 unspecified atom stereocenters. The van der Waals surface area contributed by atoms with Gasteiger partial charge in [-0.05, 0) is 89.7 Å². The fraction of sp³-hybridized carbons (Fsp3) is 0.0833. The molecule has 1 nitrogen and oxygen atoms in total. The number of rotatable bonds is 4. The van der Waals surface area contributed by atoms with Crippen LogP contribution in [0.15, 0.2) is 168 Å². The molecule has 0 bridgehead atoms. The van der Waals surface area contributed by atoms with Crippen LogP contribution < -0.4 is 0 Å². The summed E-state index contributed by atoms with van der Waals surface area (Å²) in [4.78, 5) is 0. The Morgan fingerprint density at radius 1 is 0.367 bits per heavy atom. The summed E-state index contributed by atoms with van der Waals surface area (Å²) in [5.41, 5.74) is 12.8. The molecule has 0 radical (unpaired) electrons. The Bertz CT molecular complexity index is 2670. The third-order valence-corrected chi connectivity index (χ3v) is 10.00. The molecular formula is C48H36O. The Balaban J connectivity index is 1.34. The lowest BCUT2D eigenvalue weighted by Gasteiger charge is -2.22. The normalized spacial score (nSPS) is 12.0. The molecule has 0 aliphatic heterocycles. The zero-order chi connectivity index (χ0) is 33.1. The molecule has 0 N–H and O–H groups in total. The summed E-state index contributed by atoms with van der Waals surface area (Å²) < 4.78 is 6.53. The van der Waals surface area contributed by atoms with Crippen molar-refractivity contribution in [2.45, 2.75) is 26.2 Å². The van der Waals surface area contributed by atoms with Gasteiger partial charge in [-0.1, -0.05) is 166 Å². The molecule has 0 spiro atoms. The number of benzene rings is 8. The topological polar surface area (TPSA) is 13.1 Å². The van der Waals surface area contributed by atoms with E-state index in [0.29, 0.717) is 0 Å². The third kappa shape index (κ3) is 4.93. The maximum Gasteiger partial charge on any atom is 0.143 e. The van der Waals surface area contributed by atoms with Gasteiger partial charge in [0.25, 0.3) is 0 Å². The van der Waals surface area contributed by atoms with Crippen LogP contribution in [0.2, 0.25) is 0 Å². The van der Waals surface area contributed by atoms with Gasteiger partial charge in [0, 0.05) is 16.3 Å². The molecule has 1 heteroatoms. The largest absolute Gasteiger partial charge is 0.455 e. The van der Waals surface area contributed by atoms with Crippen LogP contribution in [-0.2, 0) is 5.41 Å². The summed E-state index contributed by atoms with van der Waals surface area (Å²) in [6, 6.07) is 59.6. The van der Waals surface area contributed by atoms with Crippen molar-refractivity contribution in [1.82, 2.24) is 0 Å². The summed E-state index contributed by atoms with van der Waals surface area (Å²) in [5, 5.41) is 7.34. The van der Waals surface area contributed by atoms with Gasteiger partial charge in [-0.3, -0.25) is 0 Å². The first-order chi connectivity index (χ1) is 23.9. The van der Waals surface area contributed by atoms with Gasteiger partial charge in [0.1, 0.15) is 11.2 Å². The van der Waals surface area contributed by atoms with Crippen LogP contribution in [0.1, 0.15) is 26.3 Å². The Labute approximate surface area is 287 Å². The average Bonchev–Trinajstić information content (AvgIpc) is 3.53. The molecule has 8 aromatic carbocycles. The highest BCUT2D eigenvalue weighted by Crippen LogP contribution is 2.46. The van der Waals surface area contributed by atoms with Crippen LogP contribution in [0, 0.1) is 0 Å². The standard InChI is InChI=1S/C48H36O/c1-48(2,3)36-28-34(27-35(29-36)37-22-14-23-42-38-19-12-13-24-44(38)49-47(37)42)33-25-26-41-43(30-33)46(32-17-8-5-9-18-32)40-21-11-10-20-39(40)45(41)31-15-6-4-7-16-31/h4-30H,1-3H3. The molecule has 1 aromatic heterocycles. The van der Waals surface area contributed by atoms with Gasteiger partial charge in [0.2, 0.25) is 0 Å². The van der Waals surface area contributed by atoms with Crippen molar-refractivity contribution >= 4 is 43.5 Å². The lowest BCUT2D eigenvalue weighted by Crippen LogP contribution is -2.11. The first-order valence-electron chi connectivity index (χ1n) is 17.1. The van der Waals surface area contributed by atoms with Crippen molar-refractivity contribution in [3.05, 3.63) is 169 Å². The molecule has 0 aliphatic rings. The number of hydrogen-bond donors (Lipinski definition) is 0. The van der Waals surface area contributed by atoms with Crippen molar-refractivity contribution in [2.75, 3.05) is 0 Å². The minimum atomic E-state index is -0.0464. The molecule has 49 heavy (non-hydrogen) atoms. The smallest absolute Gasteiger partial charge is 0.143 e. The Hall–Kier alpha value is -5.92. The van der Waals surface area contributed by atoms with Gasteiger partial charge in [0.05, 0.1) is 0 Å². The zero-order valence-electron chi connectivity index (χ0n) is 28.0. The zero-order valence-corrected chi connectivity index (χ0v) is 28.0. The molecule has 9 rings (SSSR count). The summed E-state index contributed by atoms with van der Waals surface area (Å²) in [6.07, 6.45) is 0. The number of hydrogen-bond acceptors (Lipinski definition) is 1.